The van der Waals surface area contributed by atoms with Gasteiger partial charge in [0.1, 0.15) is 18.2 Å². The molecule has 0 bridgehead atoms. The molecular formula is C30H30FN5O3S. The number of rotatable bonds is 8. The minimum absolute atomic E-state index is 0.0938. The number of aryl methyl sites for hydroxylation is 1. The Morgan fingerprint density at radius 1 is 1.10 bits per heavy atom. The fourth-order valence-electron chi connectivity index (χ4n) is 5.30. The van der Waals surface area contributed by atoms with Gasteiger partial charge in [-0.2, -0.15) is 0 Å². The maximum Gasteiger partial charge on any atom is 0.250 e. The Balaban J connectivity index is 1.66. The van der Waals surface area contributed by atoms with E-state index in [1.807, 2.05) is 59.7 Å². The zero-order valence-corrected chi connectivity index (χ0v) is 23.5. The smallest absolute Gasteiger partial charge is 0.250 e. The molecule has 1 aliphatic rings. The van der Waals surface area contributed by atoms with Crippen molar-refractivity contribution >= 4 is 34.6 Å². The first-order valence-corrected chi connectivity index (χ1v) is 13.2. The lowest BCUT2D eigenvalue weighted by Crippen LogP contribution is -2.29. The minimum Gasteiger partial charge on any atom is -0.495 e. The highest BCUT2D eigenvalue weighted by atomic mass is 32.1. The molecule has 1 saturated heterocycles. The molecule has 0 unspecified atom stereocenters. The Bertz CT molecular complexity index is 1560. The number of carbonyl (C=O) groups is 1. The Morgan fingerprint density at radius 2 is 1.88 bits per heavy atom. The third-order valence-corrected chi connectivity index (χ3v) is 7.31. The van der Waals surface area contributed by atoms with Crippen molar-refractivity contribution < 1.29 is 18.7 Å². The molecule has 2 aromatic carbocycles. The van der Waals surface area contributed by atoms with Gasteiger partial charge in [-0.25, -0.2) is 4.39 Å². The van der Waals surface area contributed by atoms with Crippen molar-refractivity contribution in [2.24, 2.45) is 0 Å². The number of nitrogens with one attached hydrogen (secondary N) is 2. The summed E-state index contributed by atoms with van der Waals surface area (Å²) in [6, 6.07) is 19.4. The van der Waals surface area contributed by atoms with Crippen LogP contribution in [-0.4, -0.2) is 41.4 Å². The van der Waals surface area contributed by atoms with Crippen molar-refractivity contribution in [1.82, 2.24) is 14.9 Å². The van der Waals surface area contributed by atoms with E-state index >= 15 is 0 Å². The predicted octanol–water partition coefficient (Wildman–Crippen LogP) is 5.40. The number of methoxy groups -OCH3 is 2. The van der Waals surface area contributed by atoms with E-state index in [1.165, 1.54) is 13.2 Å². The van der Waals surface area contributed by atoms with Crippen LogP contribution in [0.15, 0.2) is 72.9 Å². The van der Waals surface area contributed by atoms with Crippen LogP contribution in [0.5, 0.6) is 5.75 Å². The molecule has 1 fully saturated rings. The molecule has 0 aliphatic carbocycles. The second kappa shape index (κ2) is 11.4. The maximum absolute atomic E-state index is 14.9. The fraction of sp³-hybridized carbons (Fsp3) is 0.233. The van der Waals surface area contributed by atoms with E-state index in [0.29, 0.717) is 22.2 Å². The summed E-state index contributed by atoms with van der Waals surface area (Å²) in [6.07, 6.45) is 1.75. The highest BCUT2D eigenvalue weighted by molar-refractivity contribution is 7.80. The lowest BCUT2D eigenvalue weighted by atomic mass is 9.96. The van der Waals surface area contributed by atoms with Crippen LogP contribution in [0.25, 0.3) is 5.69 Å². The number of para-hydroxylation sites is 1. The van der Waals surface area contributed by atoms with Gasteiger partial charge in [0.05, 0.1) is 36.3 Å². The van der Waals surface area contributed by atoms with E-state index in [-0.39, 0.29) is 30.4 Å². The van der Waals surface area contributed by atoms with Crippen molar-refractivity contribution in [3.05, 3.63) is 101 Å². The summed E-state index contributed by atoms with van der Waals surface area (Å²) < 4.78 is 27.3. The molecule has 2 N–H and O–H groups in total. The molecule has 206 valence electrons. The standard InChI is InChI=1S/C30H30FN5O3S/c1-18-15-21(19(2)35(18)25-11-6-5-9-22(25)31)29-28(23-10-7-8-14-32-23)34-30(40)36(29)20-12-13-26(39-4)24(16-20)33-27(37)17-38-3/h5-16,28-29H,17H2,1-4H3,(H,33,37)(H,34,40)/t28-,29-/m0/s1. The molecule has 3 heterocycles. The van der Waals surface area contributed by atoms with Crippen molar-refractivity contribution in [3.63, 3.8) is 0 Å². The van der Waals surface area contributed by atoms with E-state index in [1.54, 1.807) is 31.5 Å². The molecule has 2 atom stereocenters. The zero-order valence-electron chi connectivity index (χ0n) is 22.6. The molecule has 0 saturated carbocycles. The number of aromatic nitrogens is 2. The lowest BCUT2D eigenvalue weighted by Gasteiger charge is -2.29. The number of ether oxygens (including phenoxy) is 2. The van der Waals surface area contributed by atoms with Gasteiger partial charge in [0, 0.05) is 30.4 Å². The van der Waals surface area contributed by atoms with Gasteiger partial charge in [-0.3, -0.25) is 9.78 Å². The summed E-state index contributed by atoms with van der Waals surface area (Å²) in [5, 5.41) is 6.81. The van der Waals surface area contributed by atoms with E-state index in [2.05, 4.69) is 21.7 Å². The van der Waals surface area contributed by atoms with Gasteiger partial charge in [0.2, 0.25) is 5.91 Å². The van der Waals surface area contributed by atoms with Gasteiger partial charge >= 0.3 is 0 Å². The van der Waals surface area contributed by atoms with Crippen LogP contribution in [0.3, 0.4) is 0 Å². The SMILES string of the molecule is COCC(=O)Nc1cc(N2C(=S)N[C@@H](c3ccccn3)[C@@H]2c2cc(C)n(-c3ccccc3F)c2C)ccc1OC. The van der Waals surface area contributed by atoms with Crippen molar-refractivity contribution in [2.75, 3.05) is 31.0 Å². The second-order valence-corrected chi connectivity index (χ2v) is 9.86. The van der Waals surface area contributed by atoms with Crippen LogP contribution in [0, 0.1) is 19.7 Å². The number of thiocarbonyl (C=S) groups is 1. The largest absolute Gasteiger partial charge is 0.495 e. The average molecular weight is 560 g/mol. The molecule has 1 aliphatic heterocycles. The number of amides is 1. The summed E-state index contributed by atoms with van der Waals surface area (Å²) in [5.74, 6) is -0.112. The fourth-order valence-corrected chi connectivity index (χ4v) is 5.65. The van der Waals surface area contributed by atoms with Gasteiger partial charge in [-0.1, -0.05) is 18.2 Å². The highest BCUT2D eigenvalue weighted by Gasteiger charge is 2.42. The first-order valence-electron chi connectivity index (χ1n) is 12.7. The van der Waals surface area contributed by atoms with Crippen LogP contribution in [0.2, 0.25) is 0 Å². The summed E-state index contributed by atoms with van der Waals surface area (Å²) >= 11 is 5.89. The average Bonchev–Trinajstić information content (AvgIpc) is 3.44. The normalized spacial score (nSPS) is 16.6. The maximum atomic E-state index is 14.9. The summed E-state index contributed by atoms with van der Waals surface area (Å²) in [6.45, 7) is 3.85. The Kier molecular flexibility index (Phi) is 7.81. The number of carbonyl (C=O) groups excluding carboxylic acids is 1. The summed E-state index contributed by atoms with van der Waals surface area (Å²) in [7, 11) is 3.00. The molecular weight excluding hydrogens is 529 g/mol. The molecule has 5 rings (SSSR count). The van der Waals surface area contributed by atoms with Crippen LogP contribution < -0.4 is 20.3 Å². The van der Waals surface area contributed by atoms with Crippen LogP contribution in [0.4, 0.5) is 15.8 Å². The third kappa shape index (κ3) is 5.03. The zero-order chi connectivity index (χ0) is 28.4. The Morgan fingerprint density at radius 3 is 2.58 bits per heavy atom. The monoisotopic (exact) mass is 559 g/mol. The van der Waals surface area contributed by atoms with E-state index in [4.69, 9.17) is 21.7 Å². The summed E-state index contributed by atoms with van der Waals surface area (Å²) in [4.78, 5) is 19.0. The van der Waals surface area contributed by atoms with Crippen LogP contribution in [0.1, 0.15) is 34.7 Å². The van der Waals surface area contributed by atoms with Gasteiger partial charge in [0.15, 0.2) is 5.11 Å². The molecule has 10 heteroatoms. The van der Waals surface area contributed by atoms with Crippen molar-refractivity contribution in [1.29, 1.82) is 0 Å². The number of benzene rings is 2. The lowest BCUT2D eigenvalue weighted by molar-refractivity contribution is -0.119. The number of halogens is 1. The molecule has 2 aromatic heterocycles. The molecule has 4 aromatic rings. The van der Waals surface area contributed by atoms with Gasteiger partial charge < -0.3 is 29.6 Å². The molecule has 40 heavy (non-hydrogen) atoms. The van der Waals surface area contributed by atoms with Crippen molar-refractivity contribution in [3.8, 4) is 11.4 Å². The Labute approximate surface area is 237 Å². The highest BCUT2D eigenvalue weighted by Crippen LogP contribution is 2.45. The van der Waals surface area contributed by atoms with Crippen LogP contribution in [-0.2, 0) is 9.53 Å². The molecule has 8 nitrogen and oxygen atoms in total. The molecule has 1 amide bonds. The second-order valence-electron chi connectivity index (χ2n) is 9.48. The van der Waals surface area contributed by atoms with Gasteiger partial charge in [0.25, 0.3) is 0 Å². The first kappa shape index (κ1) is 27.3. The molecule has 0 radical (unpaired) electrons. The van der Waals surface area contributed by atoms with Crippen LogP contribution >= 0.6 is 12.2 Å². The molecule has 0 spiro atoms. The number of nitrogens with zero attached hydrogens (tertiary/aromatic N) is 3. The predicted molar refractivity (Wildman–Crippen MR) is 157 cm³/mol. The number of anilines is 2. The summed E-state index contributed by atoms with van der Waals surface area (Å²) in [5.41, 5.74) is 5.25. The van der Waals surface area contributed by atoms with E-state index in [0.717, 1.165) is 28.3 Å². The minimum atomic E-state index is -0.329. The van der Waals surface area contributed by atoms with Gasteiger partial charge in [-0.15, -0.1) is 0 Å². The quantitative estimate of drug-likeness (QED) is 0.280. The first-order chi connectivity index (χ1) is 19.3. The number of hydrogen-bond acceptors (Lipinski definition) is 5. The Hall–Kier alpha value is -4.28. The third-order valence-electron chi connectivity index (χ3n) is 6.99. The van der Waals surface area contributed by atoms with Gasteiger partial charge in [-0.05, 0) is 80.2 Å². The topological polar surface area (TPSA) is 80.7 Å². The van der Waals surface area contributed by atoms with Crippen molar-refractivity contribution in [2.45, 2.75) is 25.9 Å². The number of pyridine rings is 1. The van der Waals surface area contributed by atoms with E-state index in [9.17, 15) is 9.18 Å². The van der Waals surface area contributed by atoms with E-state index < -0.39 is 0 Å². The number of hydrogen-bond donors (Lipinski definition) is 2.